The van der Waals surface area contributed by atoms with Crippen molar-refractivity contribution in [3.8, 4) is 11.5 Å². The van der Waals surface area contributed by atoms with Crippen molar-refractivity contribution >= 4 is 17.6 Å². The molecule has 2 aromatic rings. The maximum atomic E-state index is 11.7. The molecule has 0 aliphatic heterocycles. The van der Waals surface area contributed by atoms with Crippen LogP contribution < -0.4 is 14.8 Å². The smallest absolute Gasteiger partial charge is 0.344 e. The molecule has 6 heteroatoms. The highest BCUT2D eigenvalue weighted by Gasteiger charge is 2.09. The SMILES string of the molecule is COc1ccc(NC(=O)COC(=O)COc2ccccc2C)cc1. The quantitative estimate of drug-likeness (QED) is 0.790. The number of carbonyl (C=O) groups excluding carboxylic acids is 2. The fourth-order valence-corrected chi connectivity index (χ4v) is 1.91. The van der Waals surface area contributed by atoms with Crippen LogP contribution in [0.5, 0.6) is 11.5 Å². The van der Waals surface area contributed by atoms with Crippen molar-refractivity contribution in [3.63, 3.8) is 0 Å². The molecule has 0 fully saturated rings. The number of aryl methyl sites for hydroxylation is 1. The second-order valence-electron chi connectivity index (χ2n) is 4.99. The van der Waals surface area contributed by atoms with Crippen molar-refractivity contribution in [3.05, 3.63) is 54.1 Å². The van der Waals surface area contributed by atoms with E-state index < -0.39 is 11.9 Å². The van der Waals surface area contributed by atoms with Crippen molar-refractivity contribution in [2.24, 2.45) is 0 Å². The van der Waals surface area contributed by atoms with E-state index in [0.717, 1.165) is 5.56 Å². The maximum Gasteiger partial charge on any atom is 0.344 e. The fourth-order valence-electron chi connectivity index (χ4n) is 1.91. The van der Waals surface area contributed by atoms with Gasteiger partial charge < -0.3 is 19.5 Å². The number of esters is 1. The number of carbonyl (C=O) groups is 2. The van der Waals surface area contributed by atoms with E-state index in [4.69, 9.17) is 14.2 Å². The van der Waals surface area contributed by atoms with Gasteiger partial charge in [0, 0.05) is 5.69 Å². The highest BCUT2D eigenvalue weighted by Crippen LogP contribution is 2.16. The van der Waals surface area contributed by atoms with Crippen molar-refractivity contribution in [1.82, 2.24) is 0 Å². The van der Waals surface area contributed by atoms with E-state index in [1.807, 2.05) is 25.1 Å². The van der Waals surface area contributed by atoms with Crippen molar-refractivity contribution in [1.29, 1.82) is 0 Å². The first-order valence-electron chi connectivity index (χ1n) is 7.36. The number of rotatable bonds is 7. The second kappa shape index (κ2) is 8.57. The van der Waals surface area contributed by atoms with Gasteiger partial charge in [-0.2, -0.15) is 0 Å². The van der Waals surface area contributed by atoms with Crippen LogP contribution in [-0.4, -0.2) is 32.2 Å². The molecular weight excluding hydrogens is 310 g/mol. The summed E-state index contributed by atoms with van der Waals surface area (Å²) in [7, 11) is 1.56. The zero-order valence-corrected chi connectivity index (χ0v) is 13.6. The number of para-hydroxylation sites is 1. The summed E-state index contributed by atoms with van der Waals surface area (Å²) in [5, 5.41) is 2.62. The third kappa shape index (κ3) is 5.31. The molecule has 0 bridgehead atoms. The van der Waals surface area contributed by atoms with Crippen LogP contribution in [-0.2, 0) is 14.3 Å². The first-order chi connectivity index (χ1) is 11.6. The van der Waals surface area contributed by atoms with Gasteiger partial charge in [-0.1, -0.05) is 18.2 Å². The van der Waals surface area contributed by atoms with E-state index >= 15 is 0 Å². The Labute approximate surface area is 140 Å². The molecule has 24 heavy (non-hydrogen) atoms. The molecule has 0 heterocycles. The van der Waals surface area contributed by atoms with Gasteiger partial charge >= 0.3 is 5.97 Å². The van der Waals surface area contributed by atoms with E-state index in [9.17, 15) is 9.59 Å². The number of hydrogen-bond acceptors (Lipinski definition) is 5. The van der Waals surface area contributed by atoms with Crippen LogP contribution in [0, 0.1) is 6.92 Å². The summed E-state index contributed by atoms with van der Waals surface area (Å²) in [5.41, 5.74) is 1.51. The van der Waals surface area contributed by atoms with Gasteiger partial charge in [0.15, 0.2) is 13.2 Å². The Bertz CT molecular complexity index is 697. The molecule has 0 aliphatic rings. The van der Waals surface area contributed by atoms with Crippen LogP contribution in [0.15, 0.2) is 48.5 Å². The van der Waals surface area contributed by atoms with E-state index in [1.54, 1.807) is 37.4 Å². The molecule has 0 unspecified atom stereocenters. The molecule has 0 radical (unpaired) electrons. The predicted molar refractivity (Wildman–Crippen MR) is 89.3 cm³/mol. The molecule has 1 N–H and O–H groups in total. The zero-order valence-electron chi connectivity index (χ0n) is 13.6. The van der Waals surface area contributed by atoms with Crippen LogP contribution in [0.1, 0.15) is 5.56 Å². The Kier molecular flexibility index (Phi) is 6.19. The fraction of sp³-hybridized carbons (Fsp3) is 0.222. The Hall–Kier alpha value is -3.02. The maximum absolute atomic E-state index is 11.7. The van der Waals surface area contributed by atoms with Crippen LogP contribution in [0.2, 0.25) is 0 Å². The summed E-state index contributed by atoms with van der Waals surface area (Å²) in [5.74, 6) is 0.262. The number of anilines is 1. The normalized spacial score (nSPS) is 9.92. The lowest BCUT2D eigenvalue weighted by molar-refractivity contribution is -0.149. The van der Waals surface area contributed by atoms with E-state index in [0.29, 0.717) is 17.2 Å². The average Bonchev–Trinajstić information content (AvgIpc) is 2.60. The summed E-state index contributed by atoms with van der Waals surface area (Å²) in [4.78, 5) is 23.4. The second-order valence-corrected chi connectivity index (χ2v) is 4.99. The van der Waals surface area contributed by atoms with Gasteiger partial charge in [0.05, 0.1) is 7.11 Å². The zero-order chi connectivity index (χ0) is 17.4. The number of benzene rings is 2. The molecule has 0 aliphatic carbocycles. The van der Waals surface area contributed by atoms with Crippen LogP contribution in [0.25, 0.3) is 0 Å². The summed E-state index contributed by atoms with van der Waals surface area (Å²) in [6.45, 7) is 1.26. The van der Waals surface area contributed by atoms with Gasteiger partial charge in [-0.3, -0.25) is 4.79 Å². The van der Waals surface area contributed by atoms with Gasteiger partial charge in [-0.25, -0.2) is 4.79 Å². The Morgan fingerprint density at radius 2 is 1.71 bits per heavy atom. The lowest BCUT2D eigenvalue weighted by Gasteiger charge is -2.09. The first-order valence-corrected chi connectivity index (χ1v) is 7.36. The highest BCUT2D eigenvalue weighted by molar-refractivity contribution is 5.92. The van der Waals surface area contributed by atoms with Crippen molar-refractivity contribution < 1.29 is 23.8 Å². The summed E-state index contributed by atoms with van der Waals surface area (Å²) < 4.78 is 15.3. The Morgan fingerprint density at radius 3 is 2.38 bits per heavy atom. The number of methoxy groups -OCH3 is 1. The Balaban J connectivity index is 1.72. The average molecular weight is 329 g/mol. The largest absolute Gasteiger partial charge is 0.497 e. The third-order valence-corrected chi connectivity index (χ3v) is 3.18. The third-order valence-electron chi connectivity index (χ3n) is 3.18. The monoisotopic (exact) mass is 329 g/mol. The Morgan fingerprint density at radius 1 is 1.00 bits per heavy atom. The van der Waals surface area contributed by atoms with Crippen LogP contribution in [0.4, 0.5) is 5.69 Å². The van der Waals surface area contributed by atoms with E-state index in [-0.39, 0.29) is 13.2 Å². The number of amides is 1. The minimum Gasteiger partial charge on any atom is -0.497 e. The molecule has 0 atom stereocenters. The van der Waals surface area contributed by atoms with Crippen LogP contribution >= 0.6 is 0 Å². The predicted octanol–water partition coefficient (Wildman–Crippen LogP) is 2.56. The van der Waals surface area contributed by atoms with Crippen molar-refractivity contribution in [2.45, 2.75) is 6.92 Å². The molecule has 2 rings (SSSR count). The molecule has 0 saturated heterocycles. The standard InChI is InChI=1S/C18H19NO5/c1-13-5-3-4-6-16(13)23-12-18(21)24-11-17(20)19-14-7-9-15(22-2)10-8-14/h3-10H,11-12H2,1-2H3,(H,19,20). The minimum atomic E-state index is -0.608. The molecule has 0 saturated carbocycles. The lowest BCUT2D eigenvalue weighted by atomic mass is 10.2. The molecule has 1 amide bonds. The molecule has 6 nitrogen and oxygen atoms in total. The van der Waals surface area contributed by atoms with E-state index in [1.165, 1.54) is 0 Å². The molecule has 2 aromatic carbocycles. The molecule has 0 spiro atoms. The van der Waals surface area contributed by atoms with Gasteiger partial charge in [0.25, 0.3) is 5.91 Å². The van der Waals surface area contributed by atoms with Gasteiger partial charge in [-0.15, -0.1) is 0 Å². The molecular formula is C18H19NO5. The topological polar surface area (TPSA) is 73.9 Å². The van der Waals surface area contributed by atoms with Crippen LogP contribution in [0.3, 0.4) is 0 Å². The summed E-state index contributed by atoms with van der Waals surface area (Å²) in [6, 6.07) is 14.2. The lowest BCUT2D eigenvalue weighted by Crippen LogP contribution is -2.23. The van der Waals surface area contributed by atoms with Gasteiger partial charge in [-0.05, 0) is 42.8 Å². The first kappa shape index (κ1) is 17.3. The summed E-state index contributed by atoms with van der Waals surface area (Å²) >= 11 is 0. The molecule has 126 valence electrons. The van der Waals surface area contributed by atoms with Gasteiger partial charge in [0.1, 0.15) is 11.5 Å². The summed E-state index contributed by atoms with van der Waals surface area (Å²) in [6.07, 6.45) is 0. The van der Waals surface area contributed by atoms with Crippen molar-refractivity contribution in [2.75, 3.05) is 25.6 Å². The van der Waals surface area contributed by atoms with Gasteiger partial charge in [0.2, 0.25) is 0 Å². The van der Waals surface area contributed by atoms with E-state index in [2.05, 4.69) is 5.32 Å². The number of hydrogen-bond donors (Lipinski definition) is 1. The molecule has 0 aromatic heterocycles. The highest BCUT2D eigenvalue weighted by atomic mass is 16.6. The number of ether oxygens (including phenoxy) is 3. The number of nitrogens with one attached hydrogen (secondary N) is 1. The minimum absolute atomic E-state index is 0.249.